The molecular weight excluding hydrogens is 374 g/mol. The van der Waals surface area contributed by atoms with Crippen LogP contribution in [0.3, 0.4) is 0 Å². The molecule has 0 saturated carbocycles. The van der Waals surface area contributed by atoms with Gasteiger partial charge in [-0.15, -0.1) is 0 Å². The van der Waals surface area contributed by atoms with E-state index in [1.54, 1.807) is 24.3 Å². The van der Waals surface area contributed by atoms with Gasteiger partial charge in [-0.3, -0.25) is 4.72 Å². The summed E-state index contributed by atoms with van der Waals surface area (Å²) in [5, 5.41) is 12.5. The molecule has 0 atom stereocenters. The lowest BCUT2D eigenvalue weighted by Gasteiger charge is -2.13. The van der Waals surface area contributed by atoms with Crippen LogP contribution in [0.2, 0.25) is 0 Å². The number of benzene rings is 1. The first kappa shape index (κ1) is 16.5. The largest absolute Gasteiger partial charge is 0.477 e. The number of rotatable bonds is 5. The van der Waals surface area contributed by atoms with Gasteiger partial charge < -0.3 is 5.11 Å². The van der Waals surface area contributed by atoms with Crippen molar-refractivity contribution in [2.75, 3.05) is 4.72 Å². The fraction of sp³-hybridized carbons (Fsp3) is 0.231. The van der Waals surface area contributed by atoms with Crippen molar-refractivity contribution >= 4 is 37.7 Å². The Hall–Kier alpha value is -1.87. The molecule has 0 aliphatic carbocycles. The summed E-state index contributed by atoms with van der Waals surface area (Å²) in [4.78, 5) is 11.3. The van der Waals surface area contributed by atoms with E-state index in [0.29, 0.717) is 5.69 Å². The highest BCUT2D eigenvalue weighted by molar-refractivity contribution is 9.10. The Kier molecular flexibility index (Phi) is 4.57. The van der Waals surface area contributed by atoms with Crippen molar-refractivity contribution in [1.82, 2.24) is 9.78 Å². The van der Waals surface area contributed by atoms with Crippen LogP contribution in [0.15, 0.2) is 34.9 Å². The Morgan fingerprint density at radius 2 is 1.91 bits per heavy atom. The van der Waals surface area contributed by atoms with Gasteiger partial charge in [0.1, 0.15) is 5.56 Å². The first-order valence-electron chi connectivity index (χ1n) is 6.31. The third-order valence-corrected chi connectivity index (χ3v) is 5.18. The van der Waals surface area contributed by atoms with Gasteiger partial charge in [-0.25, -0.2) is 17.9 Å². The standard InChI is InChI=1S/C13H14BrN3O4S/c1-8(2)22(20,21)16-12-11(13(18)19)7-15-17(12)10-5-3-9(14)4-6-10/h3-8,16H,1-2H3,(H,18,19). The molecule has 0 unspecified atom stereocenters. The van der Waals surface area contributed by atoms with Gasteiger partial charge in [0.25, 0.3) is 0 Å². The van der Waals surface area contributed by atoms with E-state index in [4.69, 9.17) is 0 Å². The summed E-state index contributed by atoms with van der Waals surface area (Å²) in [6.45, 7) is 3.01. The van der Waals surface area contributed by atoms with Crippen molar-refractivity contribution in [3.63, 3.8) is 0 Å². The minimum atomic E-state index is -3.70. The first-order valence-corrected chi connectivity index (χ1v) is 8.65. The van der Waals surface area contributed by atoms with E-state index < -0.39 is 21.2 Å². The van der Waals surface area contributed by atoms with Gasteiger partial charge in [0, 0.05) is 4.47 Å². The van der Waals surface area contributed by atoms with Gasteiger partial charge in [0.05, 0.1) is 17.1 Å². The number of hydrogen-bond donors (Lipinski definition) is 2. The summed E-state index contributed by atoms with van der Waals surface area (Å²) in [5.41, 5.74) is 0.323. The van der Waals surface area contributed by atoms with Crippen molar-refractivity contribution in [2.24, 2.45) is 0 Å². The van der Waals surface area contributed by atoms with Gasteiger partial charge in [0.2, 0.25) is 10.0 Å². The molecule has 2 N–H and O–H groups in total. The summed E-state index contributed by atoms with van der Waals surface area (Å²) in [6.07, 6.45) is 1.11. The van der Waals surface area contributed by atoms with Crippen LogP contribution in [0.4, 0.5) is 5.82 Å². The maximum atomic E-state index is 12.1. The highest BCUT2D eigenvalue weighted by Gasteiger charge is 2.24. The second-order valence-corrected chi connectivity index (χ2v) is 7.95. The zero-order chi connectivity index (χ0) is 16.5. The maximum absolute atomic E-state index is 12.1. The van der Waals surface area contributed by atoms with E-state index in [2.05, 4.69) is 25.8 Å². The molecule has 0 bridgehead atoms. The molecular formula is C13H14BrN3O4S. The van der Waals surface area contributed by atoms with Gasteiger partial charge >= 0.3 is 5.97 Å². The molecule has 0 amide bonds. The van der Waals surface area contributed by atoms with E-state index in [1.807, 2.05) is 0 Å². The van der Waals surface area contributed by atoms with Crippen LogP contribution in [0.5, 0.6) is 0 Å². The smallest absolute Gasteiger partial charge is 0.341 e. The molecule has 0 saturated heterocycles. The number of halogens is 1. The zero-order valence-corrected chi connectivity index (χ0v) is 14.2. The van der Waals surface area contributed by atoms with E-state index in [1.165, 1.54) is 18.5 Å². The van der Waals surface area contributed by atoms with Crippen LogP contribution >= 0.6 is 15.9 Å². The number of nitrogens with zero attached hydrogens (tertiary/aromatic N) is 2. The Balaban J connectivity index is 2.57. The number of carboxylic acid groups (broad SMARTS) is 1. The summed E-state index contributed by atoms with van der Waals surface area (Å²) in [6, 6.07) is 6.88. The number of aromatic carboxylic acids is 1. The summed E-state index contributed by atoms with van der Waals surface area (Å²) in [7, 11) is -3.70. The van der Waals surface area contributed by atoms with Crippen LogP contribution in [-0.4, -0.2) is 34.5 Å². The molecule has 9 heteroatoms. The molecule has 22 heavy (non-hydrogen) atoms. The van der Waals surface area contributed by atoms with Gasteiger partial charge in [-0.05, 0) is 38.1 Å². The van der Waals surface area contributed by atoms with E-state index in [9.17, 15) is 18.3 Å². The van der Waals surface area contributed by atoms with Crippen molar-refractivity contribution in [3.05, 3.63) is 40.5 Å². The van der Waals surface area contributed by atoms with Crippen molar-refractivity contribution in [3.8, 4) is 5.69 Å². The van der Waals surface area contributed by atoms with Crippen LogP contribution in [-0.2, 0) is 10.0 Å². The topological polar surface area (TPSA) is 101 Å². The number of nitrogens with one attached hydrogen (secondary N) is 1. The molecule has 0 aliphatic heterocycles. The minimum absolute atomic E-state index is 0.0940. The number of sulfonamides is 1. The second kappa shape index (κ2) is 6.09. The molecule has 0 radical (unpaired) electrons. The zero-order valence-electron chi connectivity index (χ0n) is 11.8. The lowest BCUT2D eigenvalue weighted by Crippen LogP contribution is -2.25. The molecule has 1 heterocycles. The minimum Gasteiger partial charge on any atom is -0.477 e. The van der Waals surface area contributed by atoms with Crippen molar-refractivity contribution in [2.45, 2.75) is 19.1 Å². The number of hydrogen-bond acceptors (Lipinski definition) is 4. The SMILES string of the molecule is CC(C)S(=O)(=O)Nc1c(C(=O)O)cnn1-c1ccc(Br)cc1. The lowest BCUT2D eigenvalue weighted by atomic mass is 10.3. The van der Waals surface area contributed by atoms with E-state index in [-0.39, 0.29) is 11.4 Å². The number of carbonyl (C=O) groups is 1. The number of anilines is 1. The summed E-state index contributed by atoms with van der Waals surface area (Å²) < 4.78 is 28.5. The third-order valence-electron chi connectivity index (χ3n) is 2.93. The predicted molar refractivity (Wildman–Crippen MR) is 85.9 cm³/mol. The lowest BCUT2D eigenvalue weighted by molar-refractivity contribution is 0.0698. The maximum Gasteiger partial charge on any atom is 0.341 e. The van der Waals surface area contributed by atoms with Gasteiger partial charge in [-0.2, -0.15) is 5.10 Å². The van der Waals surface area contributed by atoms with Crippen LogP contribution < -0.4 is 4.72 Å². The normalized spacial score (nSPS) is 11.6. The molecule has 7 nitrogen and oxygen atoms in total. The summed E-state index contributed by atoms with van der Waals surface area (Å²) >= 11 is 3.30. The molecule has 0 spiro atoms. The van der Waals surface area contributed by atoms with Crippen molar-refractivity contribution < 1.29 is 18.3 Å². The average molecular weight is 388 g/mol. The molecule has 2 aromatic rings. The highest BCUT2D eigenvalue weighted by atomic mass is 79.9. The Labute approximate surface area is 136 Å². The molecule has 1 aromatic carbocycles. The number of aromatic nitrogens is 2. The Bertz CT molecular complexity index is 797. The van der Waals surface area contributed by atoms with Gasteiger partial charge in [0.15, 0.2) is 5.82 Å². The van der Waals surface area contributed by atoms with Crippen molar-refractivity contribution in [1.29, 1.82) is 0 Å². The first-order chi connectivity index (χ1) is 10.2. The van der Waals surface area contributed by atoms with Gasteiger partial charge in [-0.1, -0.05) is 15.9 Å². The average Bonchev–Trinajstić information content (AvgIpc) is 2.82. The molecule has 118 valence electrons. The molecule has 2 rings (SSSR count). The number of carboxylic acids is 1. The monoisotopic (exact) mass is 387 g/mol. The second-order valence-electron chi connectivity index (χ2n) is 4.80. The summed E-state index contributed by atoms with van der Waals surface area (Å²) in [5.74, 6) is -1.35. The third kappa shape index (κ3) is 3.30. The Morgan fingerprint density at radius 1 is 1.32 bits per heavy atom. The predicted octanol–water partition coefficient (Wildman–Crippen LogP) is 2.48. The van der Waals surface area contributed by atoms with E-state index >= 15 is 0 Å². The van der Waals surface area contributed by atoms with Crippen LogP contribution in [0.1, 0.15) is 24.2 Å². The quantitative estimate of drug-likeness (QED) is 0.820. The fourth-order valence-corrected chi connectivity index (χ4v) is 2.60. The van der Waals surface area contributed by atoms with Crippen LogP contribution in [0, 0.1) is 0 Å². The fourth-order valence-electron chi connectivity index (χ4n) is 1.63. The Morgan fingerprint density at radius 3 is 2.41 bits per heavy atom. The molecule has 0 fully saturated rings. The molecule has 1 aromatic heterocycles. The van der Waals surface area contributed by atoms with Crippen LogP contribution in [0.25, 0.3) is 5.69 Å². The van der Waals surface area contributed by atoms with E-state index in [0.717, 1.165) is 10.7 Å². The highest BCUT2D eigenvalue weighted by Crippen LogP contribution is 2.23. The molecule has 0 aliphatic rings.